The van der Waals surface area contributed by atoms with Gasteiger partial charge in [-0.1, -0.05) is 33.8 Å². The minimum absolute atomic E-state index is 0.0253. The Morgan fingerprint density at radius 3 is 2.40 bits per heavy atom. The minimum Gasteiger partial charge on any atom is -0.466 e. The molecule has 3 aliphatic rings. The molecule has 3 fully saturated rings. The van der Waals surface area contributed by atoms with Crippen LogP contribution in [0.15, 0.2) is 12.2 Å². The number of esters is 2. The Morgan fingerprint density at radius 1 is 1.10 bits per heavy atom. The molecule has 3 saturated carbocycles. The monoisotopic (exact) mass is 420 g/mol. The first-order valence-electron chi connectivity index (χ1n) is 11.6. The van der Waals surface area contributed by atoms with Crippen LogP contribution in [-0.2, 0) is 19.1 Å². The van der Waals surface area contributed by atoms with Crippen LogP contribution < -0.4 is 0 Å². The number of aliphatic hydroxyl groups is 1. The highest BCUT2D eigenvalue weighted by molar-refractivity contribution is 5.66. The van der Waals surface area contributed by atoms with Crippen molar-refractivity contribution in [2.24, 2.45) is 40.4 Å². The fourth-order valence-corrected chi connectivity index (χ4v) is 7.17. The molecule has 0 aromatic heterocycles. The summed E-state index contributed by atoms with van der Waals surface area (Å²) >= 11 is 0. The summed E-state index contributed by atoms with van der Waals surface area (Å²) in [6, 6.07) is 0. The highest BCUT2D eigenvalue weighted by atomic mass is 16.5. The quantitative estimate of drug-likeness (QED) is 0.523. The van der Waals surface area contributed by atoms with E-state index in [1.54, 1.807) is 0 Å². The van der Waals surface area contributed by atoms with Crippen LogP contribution in [0.25, 0.3) is 0 Å². The van der Waals surface area contributed by atoms with Crippen LogP contribution in [0.2, 0.25) is 0 Å². The molecular formula is C25H40O5. The molecule has 0 aliphatic heterocycles. The first kappa shape index (κ1) is 23.3. The van der Waals surface area contributed by atoms with Gasteiger partial charge in [0.05, 0.1) is 6.61 Å². The Bertz CT molecular complexity index is 687. The minimum atomic E-state index is -0.268. The van der Waals surface area contributed by atoms with Gasteiger partial charge in [-0.2, -0.15) is 0 Å². The van der Waals surface area contributed by atoms with E-state index in [1.807, 2.05) is 0 Å². The van der Waals surface area contributed by atoms with Crippen LogP contribution in [0.5, 0.6) is 0 Å². The van der Waals surface area contributed by atoms with E-state index in [1.165, 1.54) is 20.3 Å². The summed E-state index contributed by atoms with van der Waals surface area (Å²) in [6.07, 6.45) is 5.85. The lowest BCUT2D eigenvalue weighted by atomic mass is 9.49. The maximum atomic E-state index is 11.6. The van der Waals surface area contributed by atoms with Gasteiger partial charge in [0.15, 0.2) is 0 Å². The van der Waals surface area contributed by atoms with Crippen LogP contribution in [0.3, 0.4) is 0 Å². The van der Waals surface area contributed by atoms with Crippen molar-refractivity contribution in [2.45, 2.75) is 79.2 Å². The fraction of sp³-hybridized carbons (Fsp3) is 0.840. The molecule has 0 unspecified atom stereocenters. The van der Waals surface area contributed by atoms with E-state index in [4.69, 9.17) is 9.47 Å². The van der Waals surface area contributed by atoms with Gasteiger partial charge >= 0.3 is 11.9 Å². The Morgan fingerprint density at radius 2 is 1.80 bits per heavy atom. The molecule has 1 N–H and O–H groups in total. The normalized spacial score (nSPS) is 43.7. The maximum absolute atomic E-state index is 11.6. The first-order valence-corrected chi connectivity index (χ1v) is 11.6. The van der Waals surface area contributed by atoms with Gasteiger partial charge in [-0.3, -0.25) is 9.59 Å². The number of rotatable bonds is 5. The predicted octanol–water partition coefficient (Wildman–Crippen LogP) is 4.52. The molecule has 30 heavy (non-hydrogen) atoms. The summed E-state index contributed by atoms with van der Waals surface area (Å²) in [5, 5.41) is 10.6. The van der Waals surface area contributed by atoms with Gasteiger partial charge in [0.1, 0.15) is 6.10 Å². The van der Waals surface area contributed by atoms with Gasteiger partial charge in [-0.05, 0) is 78.1 Å². The molecule has 170 valence electrons. The van der Waals surface area contributed by atoms with Crippen molar-refractivity contribution in [3.05, 3.63) is 12.2 Å². The van der Waals surface area contributed by atoms with Crippen LogP contribution in [0.4, 0.5) is 0 Å². The van der Waals surface area contributed by atoms with E-state index in [0.29, 0.717) is 24.4 Å². The van der Waals surface area contributed by atoms with Gasteiger partial charge in [0.25, 0.3) is 0 Å². The van der Waals surface area contributed by atoms with Crippen LogP contribution >= 0.6 is 0 Å². The average molecular weight is 421 g/mol. The number of carbonyl (C=O) groups excluding carboxylic acids is 2. The lowest BCUT2D eigenvalue weighted by molar-refractivity contribution is -0.149. The summed E-state index contributed by atoms with van der Waals surface area (Å²) in [6.45, 7) is 14.7. The summed E-state index contributed by atoms with van der Waals surface area (Å²) < 4.78 is 11.1. The Labute approximate surface area is 181 Å². The maximum Gasteiger partial charge on any atom is 0.303 e. The molecule has 0 aromatic rings. The second-order valence-electron chi connectivity index (χ2n) is 10.8. The number of ether oxygens (including phenoxy) is 2. The van der Waals surface area contributed by atoms with Gasteiger partial charge < -0.3 is 14.6 Å². The molecule has 8 atom stereocenters. The van der Waals surface area contributed by atoms with Gasteiger partial charge in [-0.15, -0.1) is 0 Å². The van der Waals surface area contributed by atoms with E-state index < -0.39 is 0 Å². The molecule has 5 heteroatoms. The van der Waals surface area contributed by atoms with Crippen molar-refractivity contribution in [1.29, 1.82) is 0 Å². The predicted molar refractivity (Wildman–Crippen MR) is 115 cm³/mol. The van der Waals surface area contributed by atoms with E-state index in [0.717, 1.165) is 37.7 Å². The summed E-state index contributed by atoms with van der Waals surface area (Å²) in [4.78, 5) is 23.1. The molecular weight excluding hydrogens is 380 g/mol. The van der Waals surface area contributed by atoms with Crippen molar-refractivity contribution >= 4 is 11.9 Å². The van der Waals surface area contributed by atoms with Crippen LogP contribution in [-0.4, -0.2) is 36.4 Å². The molecule has 0 radical (unpaired) electrons. The van der Waals surface area contributed by atoms with E-state index >= 15 is 0 Å². The highest BCUT2D eigenvalue weighted by Crippen LogP contribution is 2.64. The lowest BCUT2D eigenvalue weighted by Crippen LogP contribution is -2.51. The molecule has 3 rings (SSSR count). The lowest BCUT2D eigenvalue weighted by Gasteiger charge is -2.56. The average Bonchev–Trinajstić information content (AvgIpc) is 2.92. The molecule has 3 aliphatic carbocycles. The number of hydrogen-bond acceptors (Lipinski definition) is 5. The third kappa shape index (κ3) is 4.06. The third-order valence-electron chi connectivity index (χ3n) is 9.07. The third-order valence-corrected chi connectivity index (χ3v) is 9.07. The molecule has 0 bridgehead atoms. The highest BCUT2D eigenvalue weighted by Gasteiger charge is 2.59. The first-order chi connectivity index (χ1) is 14.0. The molecule has 0 spiro atoms. The zero-order chi connectivity index (χ0) is 22.3. The second-order valence-corrected chi connectivity index (χ2v) is 10.8. The van der Waals surface area contributed by atoms with Crippen molar-refractivity contribution in [1.82, 2.24) is 0 Å². The largest absolute Gasteiger partial charge is 0.466 e. The van der Waals surface area contributed by atoms with Gasteiger partial charge in [-0.25, -0.2) is 0 Å². The Hall–Kier alpha value is -1.36. The number of fused-ring (bicyclic) bond motifs is 1. The Balaban J connectivity index is 1.88. The van der Waals surface area contributed by atoms with Gasteiger partial charge in [0, 0.05) is 20.5 Å². The SMILES string of the molecule is C=C1[C@@H](OC(C)=O)C[C@H]2[C@H](CO)[C@@H]([C@@]3(C)CC[C@H](C)C[C@@H]3COC(C)=O)CC[C@]12C. The zero-order valence-corrected chi connectivity index (χ0v) is 19.4. The standard InChI is InChI=1S/C25H40O5/c1-15-7-9-25(6,19(11-15)14-29-17(3)27)21-8-10-24(5)16(2)23(30-18(4)28)12-22(24)20(21)13-26/h15,19-23,26H,2,7-14H2,1,3-6H3/t15-,19+,20+,21-,22-,23-,24+,25-/m0/s1. The van der Waals surface area contributed by atoms with Crippen molar-refractivity contribution in [2.75, 3.05) is 13.2 Å². The smallest absolute Gasteiger partial charge is 0.303 e. The van der Waals surface area contributed by atoms with Gasteiger partial charge in [0.2, 0.25) is 0 Å². The van der Waals surface area contributed by atoms with Crippen LogP contribution in [0.1, 0.15) is 73.1 Å². The second kappa shape index (κ2) is 8.64. The topological polar surface area (TPSA) is 72.8 Å². The van der Waals surface area contributed by atoms with Crippen molar-refractivity contribution < 1.29 is 24.2 Å². The summed E-state index contributed by atoms with van der Waals surface area (Å²) in [5.41, 5.74) is 0.934. The number of aliphatic hydroxyl groups excluding tert-OH is 1. The van der Waals surface area contributed by atoms with E-state index in [9.17, 15) is 14.7 Å². The van der Waals surface area contributed by atoms with E-state index in [-0.39, 0.29) is 47.3 Å². The van der Waals surface area contributed by atoms with Crippen molar-refractivity contribution in [3.8, 4) is 0 Å². The Kier molecular flexibility index (Phi) is 6.71. The molecule has 0 heterocycles. The number of hydrogen-bond donors (Lipinski definition) is 1. The zero-order valence-electron chi connectivity index (χ0n) is 19.4. The molecule has 0 saturated heterocycles. The summed E-state index contributed by atoms with van der Waals surface area (Å²) in [7, 11) is 0. The molecule has 0 aromatic carbocycles. The summed E-state index contributed by atoms with van der Waals surface area (Å²) in [5.74, 6) is 1.19. The molecule has 0 amide bonds. The van der Waals surface area contributed by atoms with Crippen molar-refractivity contribution in [3.63, 3.8) is 0 Å². The number of carbonyl (C=O) groups is 2. The van der Waals surface area contributed by atoms with Crippen LogP contribution in [0, 0.1) is 40.4 Å². The fourth-order valence-electron chi connectivity index (χ4n) is 7.17. The molecule has 5 nitrogen and oxygen atoms in total. The van der Waals surface area contributed by atoms with E-state index in [2.05, 4.69) is 27.4 Å².